The third kappa shape index (κ3) is 2.53. The van der Waals surface area contributed by atoms with Gasteiger partial charge in [0.25, 0.3) is 0 Å². The number of hydrogen-bond acceptors (Lipinski definition) is 4. The van der Waals surface area contributed by atoms with E-state index in [1.807, 2.05) is 0 Å². The SMILES string of the molecule is O=C(O)C1C=CC(NS(=O)(=O)c2cn[nH]c2)C1. The number of sulfonamides is 1. The van der Waals surface area contributed by atoms with Crippen molar-refractivity contribution in [3.8, 4) is 0 Å². The van der Waals surface area contributed by atoms with Crippen molar-refractivity contribution in [3.63, 3.8) is 0 Å². The number of H-pyrrole nitrogens is 1. The molecule has 0 saturated heterocycles. The minimum absolute atomic E-state index is 0.0321. The van der Waals surface area contributed by atoms with Crippen molar-refractivity contribution in [2.24, 2.45) is 5.92 Å². The van der Waals surface area contributed by atoms with Crippen LogP contribution in [0.25, 0.3) is 0 Å². The van der Waals surface area contributed by atoms with Crippen LogP contribution in [0.4, 0.5) is 0 Å². The summed E-state index contributed by atoms with van der Waals surface area (Å²) in [5, 5.41) is 14.7. The molecular weight excluding hydrogens is 246 g/mol. The number of aromatic nitrogens is 2. The number of rotatable bonds is 4. The molecule has 7 nitrogen and oxygen atoms in total. The third-order valence-electron chi connectivity index (χ3n) is 2.49. The average Bonchev–Trinajstić information content (AvgIpc) is 2.85. The zero-order chi connectivity index (χ0) is 12.5. The number of nitrogens with one attached hydrogen (secondary N) is 2. The Morgan fingerprint density at radius 3 is 2.82 bits per heavy atom. The first-order valence-electron chi connectivity index (χ1n) is 4.91. The van der Waals surface area contributed by atoms with Gasteiger partial charge in [-0.05, 0) is 6.42 Å². The highest BCUT2D eigenvalue weighted by Crippen LogP contribution is 2.19. The topological polar surface area (TPSA) is 112 Å². The molecule has 0 radical (unpaired) electrons. The van der Waals surface area contributed by atoms with Gasteiger partial charge in [-0.15, -0.1) is 0 Å². The van der Waals surface area contributed by atoms with Gasteiger partial charge in [-0.3, -0.25) is 9.89 Å². The number of aromatic amines is 1. The van der Waals surface area contributed by atoms with Crippen LogP contribution in [0.15, 0.2) is 29.4 Å². The van der Waals surface area contributed by atoms with Gasteiger partial charge in [-0.1, -0.05) is 12.2 Å². The Bertz CT molecular complexity index is 535. The Labute approximate surface area is 97.6 Å². The molecule has 92 valence electrons. The third-order valence-corrected chi connectivity index (χ3v) is 3.95. The maximum absolute atomic E-state index is 11.8. The molecule has 0 aromatic carbocycles. The quantitative estimate of drug-likeness (QED) is 0.642. The molecule has 17 heavy (non-hydrogen) atoms. The van der Waals surface area contributed by atoms with E-state index in [1.165, 1.54) is 18.5 Å². The lowest BCUT2D eigenvalue weighted by Gasteiger charge is -2.11. The summed E-state index contributed by atoms with van der Waals surface area (Å²) < 4.78 is 26.0. The van der Waals surface area contributed by atoms with Crippen molar-refractivity contribution in [2.45, 2.75) is 17.4 Å². The van der Waals surface area contributed by atoms with Gasteiger partial charge in [0.2, 0.25) is 10.0 Å². The second-order valence-electron chi connectivity index (χ2n) is 3.73. The van der Waals surface area contributed by atoms with Gasteiger partial charge in [0, 0.05) is 12.2 Å². The average molecular weight is 257 g/mol. The molecule has 2 rings (SSSR count). The van der Waals surface area contributed by atoms with Gasteiger partial charge in [0.1, 0.15) is 4.90 Å². The minimum atomic E-state index is -3.64. The normalized spacial score (nSPS) is 24.0. The van der Waals surface area contributed by atoms with Crippen LogP contribution >= 0.6 is 0 Å². The molecule has 2 unspecified atom stereocenters. The van der Waals surface area contributed by atoms with E-state index < -0.39 is 28.0 Å². The first-order chi connectivity index (χ1) is 7.99. The standard InChI is InChI=1S/C9H11N3O4S/c13-9(14)6-1-2-7(3-6)12-17(15,16)8-4-10-11-5-8/h1-2,4-7,12H,3H2,(H,10,11)(H,13,14). The van der Waals surface area contributed by atoms with Gasteiger partial charge in [-0.25, -0.2) is 13.1 Å². The lowest BCUT2D eigenvalue weighted by atomic mass is 10.1. The Morgan fingerprint density at radius 2 is 2.29 bits per heavy atom. The van der Waals surface area contributed by atoms with Crippen molar-refractivity contribution in [2.75, 3.05) is 0 Å². The highest BCUT2D eigenvalue weighted by Gasteiger charge is 2.28. The molecule has 0 amide bonds. The van der Waals surface area contributed by atoms with Crippen molar-refractivity contribution in [1.29, 1.82) is 0 Å². The van der Waals surface area contributed by atoms with Gasteiger partial charge in [0.15, 0.2) is 0 Å². The Kier molecular flexibility index (Phi) is 2.99. The Hall–Kier alpha value is -1.67. The number of nitrogens with zero attached hydrogens (tertiary/aromatic N) is 1. The summed E-state index contributed by atoms with van der Waals surface area (Å²) in [5.74, 6) is -1.58. The van der Waals surface area contributed by atoms with Gasteiger partial charge < -0.3 is 5.11 Å². The van der Waals surface area contributed by atoms with Crippen LogP contribution in [0, 0.1) is 5.92 Å². The summed E-state index contributed by atoms with van der Waals surface area (Å²) >= 11 is 0. The lowest BCUT2D eigenvalue weighted by molar-refractivity contribution is -0.140. The fourth-order valence-electron chi connectivity index (χ4n) is 1.62. The summed E-state index contributed by atoms with van der Waals surface area (Å²) in [6, 6.07) is -0.490. The van der Waals surface area contributed by atoms with Crippen molar-refractivity contribution >= 4 is 16.0 Å². The second kappa shape index (κ2) is 4.30. The first kappa shape index (κ1) is 11.8. The first-order valence-corrected chi connectivity index (χ1v) is 6.39. The largest absolute Gasteiger partial charge is 0.481 e. The molecule has 1 aromatic heterocycles. The fourth-order valence-corrected chi connectivity index (χ4v) is 2.73. The molecule has 3 N–H and O–H groups in total. The molecule has 1 aliphatic carbocycles. The van der Waals surface area contributed by atoms with E-state index in [4.69, 9.17) is 5.11 Å². The molecule has 0 spiro atoms. The van der Waals surface area contributed by atoms with E-state index in [0.29, 0.717) is 0 Å². The molecule has 8 heteroatoms. The molecular formula is C9H11N3O4S. The summed E-state index contributed by atoms with van der Waals surface area (Å²) in [5.41, 5.74) is 0. The summed E-state index contributed by atoms with van der Waals surface area (Å²) in [6.45, 7) is 0. The number of carboxylic acid groups (broad SMARTS) is 1. The zero-order valence-corrected chi connectivity index (χ0v) is 9.52. The highest BCUT2D eigenvalue weighted by molar-refractivity contribution is 7.89. The monoisotopic (exact) mass is 257 g/mol. The fraction of sp³-hybridized carbons (Fsp3) is 0.333. The van der Waals surface area contributed by atoms with Crippen LogP contribution in [-0.4, -0.2) is 35.7 Å². The van der Waals surface area contributed by atoms with Crippen molar-refractivity contribution in [1.82, 2.24) is 14.9 Å². The molecule has 0 fully saturated rings. The van der Waals surface area contributed by atoms with Crippen LogP contribution < -0.4 is 4.72 Å². The van der Waals surface area contributed by atoms with E-state index in [9.17, 15) is 13.2 Å². The number of carboxylic acids is 1. The van der Waals surface area contributed by atoms with Gasteiger partial charge in [-0.2, -0.15) is 5.10 Å². The number of carbonyl (C=O) groups is 1. The molecule has 2 atom stereocenters. The van der Waals surface area contributed by atoms with E-state index >= 15 is 0 Å². The predicted octanol–water partition coefficient (Wildman–Crippen LogP) is -0.283. The van der Waals surface area contributed by atoms with Crippen LogP contribution in [0.2, 0.25) is 0 Å². The van der Waals surface area contributed by atoms with Crippen LogP contribution in [0.5, 0.6) is 0 Å². The van der Waals surface area contributed by atoms with E-state index in [2.05, 4.69) is 14.9 Å². The smallest absolute Gasteiger partial charge is 0.310 e. The summed E-state index contributed by atoms with van der Waals surface area (Å²) in [6.07, 6.45) is 5.72. The Morgan fingerprint density at radius 1 is 1.53 bits per heavy atom. The van der Waals surface area contributed by atoms with E-state index in [-0.39, 0.29) is 11.3 Å². The van der Waals surface area contributed by atoms with Gasteiger partial charge >= 0.3 is 5.97 Å². The lowest BCUT2D eigenvalue weighted by Crippen LogP contribution is -2.33. The molecule has 1 heterocycles. The molecule has 1 aromatic rings. The second-order valence-corrected chi connectivity index (χ2v) is 5.44. The van der Waals surface area contributed by atoms with E-state index in [1.54, 1.807) is 6.08 Å². The molecule has 0 aliphatic heterocycles. The van der Waals surface area contributed by atoms with Crippen LogP contribution in [0.1, 0.15) is 6.42 Å². The van der Waals surface area contributed by atoms with Crippen molar-refractivity contribution in [3.05, 3.63) is 24.5 Å². The van der Waals surface area contributed by atoms with Crippen LogP contribution in [-0.2, 0) is 14.8 Å². The summed E-state index contributed by atoms with van der Waals surface area (Å²) in [7, 11) is -3.64. The van der Waals surface area contributed by atoms with Gasteiger partial charge in [0.05, 0.1) is 12.1 Å². The Balaban J connectivity index is 2.05. The van der Waals surface area contributed by atoms with Crippen LogP contribution in [0.3, 0.4) is 0 Å². The maximum atomic E-state index is 11.8. The molecule has 0 bridgehead atoms. The highest BCUT2D eigenvalue weighted by atomic mass is 32.2. The molecule has 0 saturated carbocycles. The predicted molar refractivity (Wildman–Crippen MR) is 57.6 cm³/mol. The van der Waals surface area contributed by atoms with Crippen molar-refractivity contribution < 1.29 is 18.3 Å². The number of aliphatic carboxylic acids is 1. The zero-order valence-electron chi connectivity index (χ0n) is 8.70. The number of hydrogen-bond donors (Lipinski definition) is 3. The summed E-state index contributed by atoms with van der Waals surface area (Å²) in [4.78, 5) is 10.7. The molecule has 1 aliphatic rings. The maximum Gasteiger partial charge on any atom is 0.310 e. The van der Waals surface area contributed by atoms with E-state index in [0.717, 1.165) is 0 Å². The minimum Gasteiger partial charge on any atom is -0.481 e.